The van der Waals surface area contributed by atoms with Crippen LogP contribution in [0.25, 0.3) is 10.9 Å². The van der Waals surface area contributed by atoms with Crippen molar-refractivity contribution in [3.05, 3.63) is 94.9 Å². The lowest BCUT2D eigenvalue weighted by atomic mass is 10.1. The number of nitrogens with one attached hydrogen (secondary N) is 1. The summed E-state index contributed by atoms with van der Waals surface area (Å²) in [7, 11) is 0. The maximum absolute atomic E-state index is 13.2. The van der Waals surface area contributed by atoms with E-state index in [2.05, 4.69) is 9.88 Å². The summed E-state index contributed by atoms with van der Waals surface area (Å²) in [5.74, 6) is -0.348. The van der Waals surface area contributed by atoms with Crippen molar-refractivity contribution in [1.29, 1.82) is 0 Å². The Hall–Kier alpha value is -3.68. The van der Waals surface area contributed by atoms with Crippen molar-refractivity contribution >= 4 is 46.2 Å². The van der Waals surface area contributed by atoms with Gasteiger partial charge in [-0.25, -0.2) is 4.39 Å². The summed E-state index contributed by atoms with van der Waals surface area (Å²) < 4.78 is 13.2. The van der Waals surface area contributed by atoms with E-state index < -0.39 is 0 Å². The molecule has 0 radical (unpaired) electrons. The molecule has 4 aromatic rings. The van der Waals surface area contributed by atoms with Crippen molar-refractivity contribution in [2.24, 2.45) is 0 Å². The Bertz CT molecular complexity index is 1350. The van der Waals surface area contributed by atoms with Crippen molar-refractivity contribution in [3.8, 4) is 0 Å². The topological polar surface area (TPSA) is 59.7 Å². The Kier molecular flexibility index (Phi) is 6.53. The van der Waals surface area contributed by atoms with E-state index in [0.29, 0.717) is 35.2 Å². The lowest BCUT2D eigenvalue weighted by Gasteiger charge is -2.34. The highest BCUT2D eigenvalue weighted by Gasteiger charge is 2.23. The van der Waals surface area contributed by atoms with E-state index in [0.717, 1.165) is 42.5 Å². The summed E-state index contributed by atoms with van der Waals surface area (Å²) in [4.78, 5) is 33.5. The van der Waals surface area contributed by atoms with Crippen LogP contribution in [0.5, 0.6) is 0 Å². The minimum absolute atomic E-state index is 0.00364. The molecule has 1 fully saturated rings. The quantitative estimate of drug-likeness (QED) is 0.377. The molecule has 0 saturated carbocycles. The number of carbonyl (C=O) groups excluding carboxylic acids is 2. The van der Waals surface area contributed by atoms with Crippen molar-refractivity contribution in [1.82, 2.24) is 14.8 Å². The largest absolute Gasteiger partial charge is 0.351 e. The standard InChI is InChI=1S/C27H24ClFN4O2/c28-21-3-10-25-20(15-21)16-26(30-25)27(35)32-13-11-31(12-14-32)17-19-1-6-23(7-2-19)33(18-34)24-8-4-22(29)5-9-24/h1-10,15-16,18,30H,11-14,17H2. The van der Waals surface area contributed by atoms with E-state index in [-0.39, 0.29) is 11.7 Å². The average Bonchev–Trinajstić information content (AvgIpc) is 3.30. The Morgan fingerprint density at radius 3 is 2.26 bits per heavy atom. The highest BCUT2D eigenvalue weighted by atomic mass is 35.5. The van der Waals surface area contributed by atoms with E-state index in [4.69, 9.17) is 11.6 Å². The molecule has 1 aromatic heterocycles. The van der Waals surface area contributed by atoms with Gasteiger partial charge in [0.15, 0.2) is 0 Å². The average molecular weight is 491 g/mol. The lowest BCUT2D eigenvalue weighted by molar-refractivity contribution is -0.106. The van der Waals surface area contributed by atoms with Gasteiger partial charge in [0.25, 0.3) is 5.91 Å². The highest BCUT2D eigenvalue weighted by molar-refractivity contribution is 6.31. The van der Waals surface area contributed by atoms with Crippen LogP contribution >= 0.6 is 11.6 Å². The van der Waals surface area contributed by atoms with Gasteiger partial charge in [-0.1, -0.05) is 23.7 Å². The molecule has 2 amide bonds. The Labute approximate surface area is 207 Å². The second kappa shape index (κ2) is 9.90. The summed E-state index contributed by atoms with van der Waals surface area (Å²) in [5.41, 5.74) is 3.91. The van der Waals surface area contributed by atoms with Crippen molar-refractivity contribution in [3.63, 3.8) is 0 Å². The summed E-state index contributed by atoms with van der Waals surface area (Å²) in [6, 6.07) is 20.9. The highest BCUT2D eigenvalue weighted by Crippen LogP contribution is 2.25. The van der Waals surface area contributed by atoms with Crippen LogP contribution in [0.2, 0.25) is 5.02 Å². The number of H-pyrrole nitrogens is 1. The Morgan fingerprint density at radius 1 is 0.943 bits per heavy atom. The molecule has 35 heavy (non-hydrogen) atoms. The third kappa shape index (κ3) is 5.06. The van der Waals surface area contributed by atoms with Gasteiger partial charge in [-0.05, 0) is 66.2 Å². The fraction of sp³-hybridized carbons (Fsp3) is 0.185. The predicted octanol–water partition coefficient (Wildman–Crippen LogP) is 5.21. The van der Waals surface area contributed by atoms with Crippen LogP contribution in [0.4, 0.5) is 15.8 Å². The summed E-state index contributed by atoms with van der Waals surface area (Å²) >= 11 is 6.06. The maximum Gasteiger partial charge on any atom is 0.270 e. The number of aromatic nitrogens is 1. The number of hydrogen-bond donors (Lipinski definition) is 1. The van der Waals surface area contributed by atoms with Crippen LogP contribution in [0, 0.1) is 5.82 Å². The van der Waals surface area contributed by atoms with E-state index >= 15 is 0 Å². The summed E-state index contributed by atoms with van der Waals surface area (Å²) in [6.07, 6.45) is 0.722. The number of anilines is 2. The van der Waals surface area contributed by atoms with Gasteiger partial charge in [-0.3, -0.25) is 19.4 Å². The first-order valence-corrected chi connectivity index (χ1v) is 11.8. The molecule has 0 spiro atoms. The lowest BCUT2D eigenvalue weighted by Crippen LogP contribution is -2.48. The minimum Gasteiger partial charge on any atom is -0.351 e. The maximum atomic E-state index is 13.2. The molecular formula is C27H24ClFN4O2. The number of aromatic amines is 1. The first-order chi connectivity index (χ1) is 17.0. The van der Waals surface area contributed by atoms with E-state index in [1.165, 1.54) is 17.0 Å². The van der Waals surface area contributed by atoms with Gasteiger partial charge in [0.05, 0.1) is 0 Å². The minimum atomic E-state index is -0.344. The van der Waals surface area contributed by atoms with Crippen LogP contribution in [-0.2, 0) is 11.3 Å². The van der Waals surface area contributed by atoms with Gasteiger partial charge in [-0.15, -0.1) is 0 Å². The number of amides is 2. The van der Waals surface area contributed by atoms with Crippen LogP contribution in [0.1, 0.15) is 16.1 Å². The molecule has 1 saturated heterocycles. The third-order valence-electron chi connectivity index (χ3n) is 6.30. The zero-order valence-electron chi connectivity index (χ0n) is 19.0. The second-order valence-corrected chi connectivity index (χ2v) is 9.04. The molecule has 0 atom stereocenters. The van der Waals surface area contributed by atoms with Gasteiger partial charge in [0.2, 0.25) is 6.41 Å². The first kappa shape index (κ1) is 23.1. The zero-order valence-corrected chi connectivity index (χ0v) is 19.7. The molecule has 2 heterocycles. The fourth-order valence-electron chi connectivity index (χ4n) is 4.39. The van der Waals surface area contributed by atoms with Crippen LogP contribution in [0.15, 0.2) is 72.8 Å². The molecule has 1 aliphatic heterocycles. The zero-order chi connectivity index (χ0) is 24.4. The van der Waals surface area contributed by atoms with Gasteiger partial charge in [0, 0.05) is 60.0 Å². The van der Waals surface area contributed by atoms with Crippen LogP contribution < -0.4 is 4.90 Å². The number of rotatable bonds is 6. The molecule has 8 heteroatoms. The van der Waals surface area contributed by atoms with Crippen LogP contribution in [0.3, 0.4) is 0 Å². The van der Waals surface area contributed by atoms with Gasteiger partial charge in [-0.2, -0.15) is 0 Å². The summed E-state index contributed by atoms with van der Waals surface area (Å²) in [5, 5.41) is 1.57. The number of halogens is 2. The number of nitrogens with zero attached hydrogens (tertiary/aromatic N) is 3. The summed E-state index contributed by atoms with van der Waals surface area (Å²) in [6.45, 7) is 3.60. The molecule has 0 bridgehead atoms. The van der Waals surface area contributed by atoms with Gasteiger partial charge < -0.3 is 9.88 Å². The third-order valence-corrected chi connectivity index (χ3v) is 6.54. The van der Waals surface area contributed by atoms with Gasteiger partial charge in [0.1, 0.15) is 11.5 Å². The number of hydrogen-bond acceptors (Lipinski definition) is 3. The molecule has 0 unspecified atom stereocenters. The molecule has 0 aliphatic carbocycles. The Balaban J connectivity index is 1.18. The normalized spacial score (nSPS) is 14.3. The van der Waals surface area contributed by atoms with E-state index in [9.17, 15) is 14.0 Å². The monoisotopic (exact) mass is 490 g/mol. The van der Waals surface area contributed by atoms with E-state index in [1.807, 2.05) is 47.4 Å². The molecular weight excluding hydrogens is 467 g/mol. The predicted molar refractivity (Wildman–Crippen MR) is 136 cm³/mol. The number of fused-ring (bicyclic) bond motifs is 1. The van der Waals surface area contributed by atoms with Gasteiger partial charge >= 0.3 is 0 Å². The van der Waals surface area contributed by atoms with Crippen molar-refractivity contribution in [2.45, 2.75) is 6.54 Å². The number of piperazine rings is 1. The molecule has 1 N–H and O–H groups in total. The number of carbonyl (C=O) groups is 2. The number of benzene rings is 3. The molecule has 1 aliphatic rings. The van der Waals surface area contributed by atoms with Crippen LogP contribution in [-0.4, -0.2) is 53.3 Å². The second-order valence-electron chi connectivity index (χ2n) is 8.60. The molecule has 6 nitrogen and oxygen atoms in total. The van der Waals surface area contributed by atoms with E-state index in [1.54, 1.807) is 18.2 Å². The molecule has 178 valence electrons. The van der Waals surface area contributed by atoms with Crippen molar-refractivity contribution in [2.75, 3.05) is 31.1 Å². The van der Waals surface area contributed by atoms with Crippen molar-refractivity contribution < 1.29 is 14.0 Å². The Morgan fingerprint density at radius 2 is 1.60 bits per heavy atom. The SMILES string of the molecule is O=CN(c1ccc(F)cc1)c1ccc(CN2CCN(C(=O)c3cc4cc(Cl)ccc4[nH]3)CC2)cc1. The first-order valence-electron chi connectivity index (χ1n) is 11.4. The fourth-order valence-corrected chi connectivity index (χ4v) is 4.57. The smallest absolute Gasteiger partial charge is 0.270 e. The molecule has 5 rings (SSSR count). The molecule has 3 aromatic carbocycles.